The number of thioether (sulfide) groups is 1. The zero-order chi connectivity index (χ0) is 19.3. The quantitative estimate of drug-likeness (QED) is 0.770. The van der Waals surface area contributed by atoms with Crippen LogP contribution in [0.4, 0.5) is 0 Å². The van der Waals surface area contributed by atoms with Crippen LogP contribution in [-0.4, -0.2) is 72.8 Å². The number of rotatable bonds is 6. The number of amides is 2. The van der Waals surface area contributed by atoms with E-state index in [2.05, 4.69) is 10.2 Å². The first-order chi connectivity index (χ1) is 13.7. The molecule has 1 N–H and O–H groups in total. The van der Waals surface area contributed by atoms with E-state index in [1.807, 2.05) is 17.5 Å². The lowest BCUT2D eigenvalue weighted by Gasteiger charge is -2.29. The van der Waals surface area contributed by atoms with Gasteiger partial charge in [0.2, 0.25) is 5.91 Å². The molecule has 0 spiro atoms. The molecule has 2 aromatic rings. The highest BCUT2D eigenvalue weighted by Crippen LogP contribution is 2.42. The van der Waals surface area contributed by atoms with E-state index in [0.29, 0.717) is 17.2 Å². The van der Waals surface area contributed by atoms with Crippen LogP contribution in [0.1, 0.15) is 20.6 Å². The SMILES string of the molecule is O=C(NCCN1CCOCC1)C1CSC(c2ccoc2)N1C(=O)c1cccs1. The van der Waals surface area contributed by atoms with Gasteiger partial charge in [-0.2, -0.15) is 0 Å². The summed E-state index contributed by atoms with van der Waals surface area (Å²) in [6, 6.07) is 5.01. The van der Waals surface area contributed by atoms with Gasteiger partial charge >= 0.3 is 0 Å². The monoisotopic (exact) mass is 421 g/mol. The molecule has 2 aliphatic rings. The second-order valence-corrected chi connectivity index (χ2v) is 8.75. The van der Waals surface area contributed by atoms with E-state index < -0.39 is 6.04 Å². The molecule has 2 aromatic heterocycles. The van der Waals surface area contributed by atoms with E-state index >= 15 is 0 Å². The van der Waals surface area contributed by atoms with Crippen molar-refractivity contribution in [3.05, 3.63) is 46.5 Å². The van der Waals surface area contributed by atoms with Crippen LogP contribution in [0.2, 0.25) is 0 Å². The number of carbonyl (C=O) groups excluding carboxylic acids is 2. The van der Waals surface area contributed by atoms with Gasteiger partial charge in [0.05, 0.1) is 30.6 Å². The molecule has 28 heavy (non-hydrogen) atoms. The Balaban J connectivity index is 1.43. The fourth-order valence-corrected chi connectivity index (χ4v) is 5.51. The Hall–Kier alpha value is -1.81. The van der Waals surface area contributed by atoms with Gasteiger partial charge in [-0.3, -0.25) is 14.5 Å². The van der Waals surface area contributed by atoms with Crippen LogP contribution in [0.3, 0.4) is 0 Å². The third-order valence-electron chi connectivity index (χ3n) is 4.93. The van der Waals surface area contributed by atoms with Crippen LogP contribution in [0.25, 0.3) is 0 Å². The second-order valence-electron chi connectivity index (χ2n) is 6.69. The Morgan fingerprint density at radius 1 is 1.25 bits per heavy atom. The molecule has 0 aliphatic carbocycles. The van der Waals surface area contributed by atoms with Gasteiger partial charge in [0.1, 0.15) is 11.4 Å². The van der Waals surface area contributed by atoms with Crippen molar-refractivity contribution >= 4 is 34.9 Å². The first-order valence-electron chi connectivity index (χ1n) is 9.32. The molecule has 4 heterocycles. The summed E-state index contributed by atoms with van der Waals surface area (Å²) in [6.45, 7) is 4.61. The van der Waals surface area contributed by atoms with Crippen LogP contribution in [0, 0.1) is 0 Å². The summed E-state index contributed by atoms with van der Waals surface area (Å²) in [4.78, 5) is 30.7. The predicted octanol–water partition coefficient (Wildman–Crippen LogP) is 2.05. The zero-order valence-corrected chi connectivity index (χ0v) is 17.0. The van der Waals surface area contributed by atoms with Crippen molar-refractivity contribution in [2.45, 2.75) is 11.4 Å². The van der Waals surface area contributed by atoms with Crippen LogP contribution in [0.15, 0.2) is 40.5 Å². The number of thiophene rings is 1. The van der Waals surface area contributed by atoms with Gasteiger partial charge in [0.25, 0.3) is 5.91 Å². The zero-order valence-electron chi connectivity index (χ0n) is 15.4. The number of carbonyl (C=O) groups is 2. The lowest BCUT2D eigenvalue weighted by atomic mass is 10.2. The number of hydrogen-bond acceptors (Lipinski definition) is 7. The number of ether oxygens (including phenoxy) is 1. The molecule has 0 aromatic carbocycles. The molecule has 150 valence electrons. The average molecular weight is 422 g/mol. The summed E-state index contributed by atoms with van der Waals surface area (Å²) in [7, 11) is 0. The highest BCUT2D eigenvalue weighted by atomic mass is 32.2. The molecular weight excluding hydrogens is 398 g/mol. The highest BCUT2D eigenvalue weighted by Gasteiger charge is 2.43. The van der Waals surface area contributed by atoms with Crippen molar-refractivity contribution in [3.63, 3.8) is 0 Å². The van der Waals surface area contributed by atoms with Gasteiger partial charge in [0.15, 0.2) is 0 Å². The summed E-state index contributed by atoms with van der Waals surface area (Å²) < 4.78 is 10.6. The topological polar surface area (TPSA) is 75.0 Å². The van der Waals surface area contributed by atoms with Crippen LogP contribution >= 0.6 is 23.1 Å². The Kier molecular flexibility index (Phi) is 6.36. The largest absolute Gasteiger partial charge is 0.472 e. The Morgan fingerprint density at radius 2 is 2.11 bits per heavy atom. The van der Waals surface area contributed by atoms with E-state index in [1.165, 1.54) is 11.3 Å². The molecule has 2 amide bonds. The van der Waals surface area contributed by atoms with Crippen LogP contribution < -0.4 is 5.32 Å². The van der Waals surface area contributed by atoms with E-state index in [0.717, 1.165) is 38.4 Å². The van der Waals surface area contributed by atoms with E-state index in [9.17, 15) is 9.59 Å². The molecule has 2 fully saturated rings. The lowest BCUT2D eigenvalue weighted by molar-refractivity contribution is -0.124. The summed E-state index contributed by atoms with van der Waals surface area (Å²) >= 11 is 2.99. The number of hydrogen-bond donors (Lipinski definition) is 1. The molecule has 9 heteroatoms. The molecule has 4 rings (SSSR count). The first-order valence-corrected chi connectivity index (χ1v) is 11.2. The molecule has 2 unspecified atom stereocenters. The summed E-state index contributed by atoms with van der Waals surface area (Å²) in [6.07, 6.45) is 3.24. The molecule has 2 aliphatic heterocycles. The van der Waals surface area contributed by atoms with Crippen molar-refractivity contribution in [1.29, 1.82) is 0 Å². The Labute approximate surface area is 172 Å². The van der Waals surface area contributed by atoms with Gasteiger partial charge in [-0.15, -0.1) is 23.1 Å². The van der Waals surface area contributed by atoms with Crippen molar-refractivity contribution in [3.8, 4) is 0 Å². The van der Waals surface area contributed by atoms with Crippen LogP contribution in [-0.2, 0) is 9.53 Å². The molecule has 0 radical (unpaired) electrons. The number of morpholine rings is 1. The van der Waals surface area contributed by atoms with Gasteiger partial charge < -0.3 is 19.4 Å². The molecule has 0 bridgehead atoms. The second kappa shape index (κ2) is 9.13. The fourth-order valence-electron chi connectivity index (χ4n) is 3.44. The highest BCUT2D eigenvalue weighted by molar-refractivity contribution is 7.99. The maximum atomic E-state index is 13.1. The van der Waals surface area contributed by atoms with Gasteiger partial charge in [-0.25, -0.2) is 0 Å². The van der Waals surface area contributed by atoms with E-state index in [4.69, 9.17) is 9.15 Å². The van der Waals surface area contributed by atoms with Crippen LogP contribution in [0.5, 0.6) is 0 Å². The van der Waals surface area contributed by atoms with E-state index in [1.54, 1.807) is 35.3 Å². The third kappa shape index (κ3) is 4.27. The standard InChI is InChI=1S/C19H23N3O4S2/c23-17(20-4-5-21-6-9-25-10-7-21)15-13-28-19(14-3-8-26-12-14)22(15)18(24)16-2-1-11-27-16/h1-3,8,11-12,15,19H,4-7,9-10,13H2,(H,20,23). The van der Waals surface area contributed by atoms with Crippen molar-refractivity contribution in [2.24, 2.45) is 0 Å². The maximum absolute atomic E-state index is 13.1. The van der Waals surface area contributed by atoms with Crippen molar-refractivity contribution in [2.75, 3.05) is 45.1 Å². The van der Waals surface area contributed by atoms with E-state index in [-0.39, 0.29) is 17.2 Å². The molecular formula is C19H23N3O4S2. The van der Waals surface area contributed by atoms with Gasteiger partial charge in [-0.05, 0) is 17.5 Å². The number of nitrogens with zero attached hydrogens (tertiary/aromatic N) is 2. The van der Waals surface area contributed by atoms with Gasteiger partial charge in [-0.1, -0.05) is 6.07 Å². The summed E-state index contributed by atoms with van der Waals surface area (Å²) in [5.41, 5.74) is 0.901. The molecule has 0 saturated carbocycles. The molecule has 2 saturated heterocycles. The Morgan fingerprint density at radius 3 is 2.82 bits per heavy atom. The minimum atomic E-state index is -0.496. The average Bonchev–Trinajstić information content (AvgIpc) is 3.49. The maximum Gasteiger partial charge on any atom is 0.265 e. The number of furan rings is 1. The normalized spacial score (nSPS) is 23.1. The smallest absolute Gasteiger partial charge is 0.265 e. The summed E-state index contributed by atoms with van der Waals surface area (Å²) in [5, 5.41) is 4.68. The minimum Gasteiger partial charge on any atom is -0.472 e. The lowest BCUT2D eigenvalue weighted by Crippen LogP contribution is -2.49. The first kappa shape index (κ1) is 19.5. The number of nitrogens with one attached hydrogen (secondary N) is 1. The van der Waals surface area contributed by atoms with Crippen molar-refractivity contribution in [1.82, 2.24) is 15.1 Å². The Bertz CT molecular complexity index is 775. The fraction of sp³-hybridized carbons (Fsp3) is 0.474. The van der Waals surface area contributed by atoms with Gasteiger partial charge in [0, 0.05) is 37.5 Å². The third-order valence-corrected chi connectivity index (χ3v) is 7.11. The van der Waals surface area contributed by atoms with Crippen molar-refractivity contribution < 1.29 is 18.7 Å². The molecule has 2 atom stereocenters. The molecule has 7 nitrogen and oxygen atoms in total. The minimum absolute atomic E-state index is 0.100. The predicted molar refractivity (Wildman–Crippen MR) is 108 cm³/mol. The summed E-state index contributed by atoms with van der Waals surface area (Å²) in [5.74, 6) is 0.354.